The fourth-order valence-corrected chi connectivity index (χ4v) is 4.19. The zero-order valence-electron chi connectivity index (χ0n) is 22.2. The minimum absolute atomic E-state index is 0.0760. The van der Waals surface area contributed by atoms with Crippen molar-refractivity contribution in [1.82, 2.24) is 10.2 Å². The Morgan fingerprint density at radius 3 is 2.24 bits per heavy atom. The molecule has 196 valence electrons. The Bertz CT molecular complexity index is 1160. The van der Waals surface area contributed by atoms with Crippen LogP contribution < -0.4 is 10.1 Å². The standard InChI is InChI=1S/C31H37ClN2O3/c1-23-11-8-9-14-25(23)22-34(29(35)15-10-20-37-27-18-16-26(32)17-19-27)28(30(36)33-31(2,3)4)21-24-12-6-5-7-13-24/h5-9,11-14,16-19,28H,10,15,20-22H2,1-4H3,(H,33,36)/t28-/m0/s1. The molecule has 1 atom stereocenters. The molecule has 3 aromatic carbocycles. The summed E-state index contributed by atoms with van der Waals surface area (Å²) in [5.41, 5.74) is 2.69. The van der Waals surface area contributed by atoms with E-state index in [0.29, 0.717) is 36.8 Å². The van der Waals surface area contributed by atoms with Crippen LogP contribution in [0.2, 0.25) is 5.02 Å². The summed E-state index contributed by atoms with van der Waals surface area (Å²) in [7, 11) is 0. The summed E-state index contributed by atoms with van der Waals surface area (Å²) in [5, 5.41) is 3.75. The molecule has 2 amide bonds. The van der Waals surface area contributed by atoms with Gasteiger partial charge in [-0.3, -0.25) is 9.59 Å². The molecule has 0 aliphatic rings. The largest absolute Gasteiger partial charge is 0.494 e. The van der Waals surface area contributed by atoms with Crippen molar-refractivity contribution in [2.45, 2.75) is 65.1 Å². The van der Waals surface area contributed by atoms with Crippen molar-refractivity contribution in [2.75, 3.05) is 6.61 Å². The average molecular weight is 521 g/mol. The number of benzene rings is 3. The molecule has 3 aromatic rings. The molecule has 0 unspecified atom stereocenters. The van der Waals surface area contributed by atoms with E-state index in [2.05, 4.69) is 5.32 Å². The lowest BCUT2D eigenvalue weighted by molar-refractivity contribution is -0.142. The summed E-state index contributed by atoms with van der Waals surface area (Å²) in [6, 6.07) is 24.3. The van der Waals surface area contributed by atoms with Gasteiger partial charge in [-0.25, -0.2) is 0 Å². The first-order valence-corrected chi connectivity index (χ1v) is 13.1. The highest BCUT2D eigenvalue weighted by atomic mass is 35.5. The molecule has 0 spiro atoms. The molecule has 6 heteroatoms. The van der Waals surface area contributed by atoms with Crippen LogP contribution in [0.5, 0.6) is 5.75 Å². The molecule has 0 fully saturated rings. The molecule has 0 saturated heterocycles. The van der Waals surface area contributed by atoms with Crippen LogP contribution in [-0.4, -0.2) is 34.9 Å². The topological polar surface area (TPSA) is 58.6 Å². The summed E-state index contributed by atoms with van der Waals surface area (Å²) >= 11 is 5.94. The number of rotatable bonds is 11. The number of nitrogens with one attached hydrogen (secondary N) is 1. The maximum absolute atomic E-state index is 13.7. The van der Waals surface area contributed by atoms with E-state index < -0.39 is 11.6 Å². The van der Waals surface area contributed by atoms with E-state index in [1.54, 1.807) is 29.2 Å². The molecule has 0 aliphatic heterocycles. The summed E-state index contributed by atoms with van der Waals surface area (Å²) < 4.78 is 5.79. The van der Waals surface area contributed by atoms with Crippen LogP contribution in [0.3, 0.4) is 0 Å². The number of hydrogen-bond acceptors (Lipinski definition) is 3. The number of ether oxygens (including phenoxy) is 1. The lowest BCUT2D eigenvalue weighted by Gasteiger charge is -2.34. The molecular formula is C31H37ClN2O3. The van der Waals surface area contributed by atoms with Crippen LogP contribution in [0.15, 0.2) is 78.9 Å². The molecule has 5 nitrogen and oxygen atoms in total. The molecule has 0 bridgehead atoms. The fourth-order valence-electron chi connectivity index (χ4n) is 4.07. The Balaban J connectivity index is 1.81. The van der Waals surface area contributed by atoms with Crippen molar-refractivity contribution >= 4 is 23.4 Å². The number of amides is 2. The van der Waals surface area contributed by atoms with E-state index in [0.717, 1.165) is 16.7 Å². The summed E-state index contributed by atoms with van der Waals surface area (Å²) in [6.07, 6.45) is 1.24. The first-order valence-electron chi connectivity index (χ1n) is 12.7. The van der Waals surface area contributed by atoms with Gasteiger partial charge >= 0.3 is 0 Å². The van der Waals surface area contributed by atoms with Gasteiger partial charge in [0, 0.05) is 29.9 Å². The highest BCUT2D eigenvalue weighted by molar-refractivity contribution is 6.30. The molecule has 0 radical (unpaired) electrons. The van der Waals surface area contributed by atoms with Crippen LogP contribution in [0.4, 0.5) is 0 Å². The van der Waals surface area contributed by atoms with E-state index >= 15 is 0 Å². The Kier molecular flexibility index (Phi) is 10.2. The van der Waals surface area contributed by atoms with Gasteiger partial charge in [0.15, 0.2) is 0 Å². The normalized spacial score (nSPS) is 12.0. The smallest absolute Gasteiger partial charge is 0.243 e. The Morgan fingerprint density at radius 1 is 0.946 bits per heavy atom. The minimum Gasteiger partial charge on any atom is -0.494 e. The monoisotopic (exact) mass is 520 g/mol. The molecule has 0 aliphatic carbocycles. The van der Waals surface area contributed by atoms with Crippen molar-refractivity contribution in [3.05, 3.63) is 101 Å². The van der Waals surface area contributed by atoms with Crippen molar-refractivity contribution in [3.63, 3.8) is 0 Å². The van der Waals surface area contributed by atoms with Crippen molar-refractivity contribution in [3.8, 4) is 5.75 Å². The number of nitrogens with zero attached hydrogens (tertiary/aromatic N) is 1. The predicted octanol–water partition coefficient (Wildman–Crippen LogP) is 6.36. The third-order valence-corrected chi connectivity index (χ3v) is 6.24. The third kappa shape index (κ3) is 9.25. The van der Waals surface area contributed by atoms with Gasteiger partial charge in [0.2, 0.25) is 11.8 Å². The number of carbonyl (C=O) groups excluding carboxylic acids is 2. The van der Waals surface area contributed by atoms with Crippen molar-refractivity contribution in [1.29, 1.82) is 0 Å². The Morgan fingerprint density at radius 2 is 1.59 bits per heavy atom. The Hall–Kier alpha value is -3.31. The van der Waals surface area contributed by atoms with Crippen molar-refractivity contribution < 1.29 is 14.3 Å². The third-order valence-electron chi connectivity index (χ3n) is 5.99. The van der Waals surface area contributed by atoms with E-state index in [1.807, 2.05) is 82.3 Å². The predicted molar refractivity (Wildman–Crippen MR) is 150 cm³/mol. The van der Waals surface area contributed by atoms with Crippen LogP contribution in [0, 0.1) is 6.92 Å². The van der Waals surface area contributed by atoms with Crippen LogP contribution in [0.1, 0.15) is 50.3 Å². The van der Waals surface area contributed by atoms with E-state index in [1.165, 1.54) is 0 Å². The summed E-state index contributed by atoms with van der Waals surface area (Å²) in [5.74, 6) is 0.476. The first kappa shape index (κ1) is 28.3. The maximum atomic E-state index is 13.7. The lowest BCUT2D eigenvalue weighted by Crippen LogP contribution is -2.54. The highest BCUT2D eigenvalue weighted by Gasteiger charge is 2.32. The van der Waals surface area contributed by atoms with E-state index in [9.17, 15) is 9.59 Å². The second-order valence-corrected chi connectivity index (χ2v) is 10.7. The Labute approximate surface area is 225 Å². The molecule has 1 N–H and O–H groups in total. The van der Waals surface area contributed by atoms with Gasteiger partial charge in [0.05, 0.1) is 6.61 Å². The van der Waals surface area contributed by atoms with Gasteiger partial charge in [-0.05, 0) is 75.1 Å². The molecular weight excluding hydrogens is 484 g/mol. The minimum atomic E-state index is -0.647. The molecule has 0 saturated carbocycles. The number of hydrogen-bond donors (Lipinski definition) is 1. The van der Waals surface area contributed by atoms with E-state index in [-0.39, 0.29) is 18.2 Å². The average Bonchev–Trinajstić information content (AvgIpc) is 2.85. The van der Waals surface area contributed by atoms with Gasteiger partial charge in [-0.2, -0.15) is 0 Å². The number of halogens is 1. The van der Waals surface area contributed by atoms with Gasteiger partial charge in [-0.1, -0.05) is 66.2 Å². The van der Waals surface area contributed by atoms with Crippen LogP contribution >= 0.6 is 11.6 Å². The van der Waals surface area contributed by atoms with Gasteiger partial charge in [0.1, 0.15) is 11.8 Å². The zero-order chi connectivity index (χ0) is 26.8. The van der Waals surface area contributed by atoms with Crippen LogP contribution in [0.25, 0.3) is 0 Å². The molecule has 0 aromatic heterocycles. The summed E-state index contributed by atoms with van der Waals surface area (Å²) in [4.78, 5) is 29.0. The highest BCUT2D eigenvalue weighted by Crippen LogP contribution is 2.20. The number of aryl methyl sites for hydroxylation is 1. The van der Waals surface area contributed by atoms with Gasteiger partial charge in [-0.15, -0.1) is 0 Å². The van der Waals surface area contributed by atoms with Gasteiger partial charge < -0.3 is 15.0 Å². The first-order chi connectivity index (χ1) is 17.6. The molecule has 3 rings (SSSR count). The number of carbonyl (C=O) groups is 2. The SMILES string of the molecule is Cc1ccccc1CN(C(=O)CCCOc1ccc(Cl)cc1)[C@@H](Cc1ccccc1)C(=O)NC(C)(C)C. The second-order valence-electron chi connectivity index (χ2n) is 10.3. The van der Waals surface area contributed by atoms with Crippen LogP contribution in [-0.2, 0) is 22.6 Å². The van der Waals surface area contributed by atoms with Crippen molar-refractivity contribution in [2.24, 2.45) is 0 Å². The summed E-state index contributed by atoms with van der Waals surface area (Å²) in [6.45, 7) is 8.63. The molecule has 0 heterocycles. The van der Waals surface area contributed by atoms with E-state index in [4.69, 9.17) is 16.3 Å². The zero-order valence-corrected chi connectivity index (χ0v) is 22.9. The quantitative estimate of drug-likeness (QED) is 0.299. The molecule has 37 heavy (non-hydrogen) atoms. The van der Waals surface area contributed by atoms with Gasteiger partial charge in [0.25, 0.3) is 0 Å². The maximum Gasteiger partial charge on any atom is 0.243 e. The second kappa shape index (κ2) is 13.3. The lowest BCUT2D eigenvalue weighted by atomic mass is 9.99. The fraction of sp³-hybridized carbons (Fsp3) is 0.355.